The highest BCUT2D eigenvalue weighted by molar-refractivity contribution is 5.49. The first kappa shape index (κ1) is 11.0. The summed E-state index contributed by atoms with van der Waals surface area (Å²) >= 11 is 0. The van der Waals surface area contributed by atoms with Gasteiger partial charge in [0.05, 0.1) is 17.7 Å². The molecule has 0 N–H and O–H groups in total. The number of benzene rings is 1. The third-order valence-electron chi connectivity index (χ3n) is 2.81. The summed E-state index contributed by atoms with van der Waals surface area (Å²) in [5.74, 6) is 0. The monoisotopic (exact) mass is 216 g/mol. The molecule has 0 bridgehead atoms. The molecule has 1 aliphatic heterocycles. The van der Waals surface area contributed by atoms with Crippen molar-refractivity contribution in [3.63, 3.8) is 0 Å². The Balaban J connectivity index is 2.12. The fourth-order valence-electron chi connectivity index (χ4n) is 1.98. The van der Waals surface area contributed by atoms with E-state index in [9.17, 15) is 0 Å². The predicted molar refractivity (Wildman–Crippen MR) is 63.4 cm³/mol. The third kappa shape index (κ3) is 2.53. The maximum absolute atomic E-state index is 8.74. The maximum atomic E-state index is 8.74. The van der Waals surface area contributed by atoms with Crippen molar-refractivity contribution < 1.29 is 4.74 Å². The van der Waals surface area contributed by atoms with Crippen LogP contribution in [-0.2, 0) is 4.74 Å². The second-order valence-corrected chi connectivity index (χ2v) is 4.14. The van der Waals surface area contributed by atoms with Crippen LogP contribution in [0.4, 0.5) is 5.69 Å². The summed E-state index contributed by atoms with van der Waals surface area (Å²) in [5, 5.41) is 8.74. The normalized spacial score (nSPS) is 21.2. The Kier molecular flexibility index (Phi) is 3.43. The molecular formula is C13H16N2O. The van der Waals surface area contributed by atoms with E-state index >= 15 is 0 Å². The Morgan fingerprint density at radius 3 is 2.81 bits per heavy atom. The molecule has 0 spiro atoms. The molecule has 3 heteroatoms. The minimum absolute atomic E-state index is 0.276. The van der Waals surface area contributed by atoms with E-state index in [1.54, 1.807) is 0 Å². The number of nitrogens with zero attached hydrogens (tertiary/aromatic N) is 2. The fraction of sp³-hybridized carbons (Fsp3) is 0.462. The molecule has 1 saturated heterocycles. The van der Waals surface area contributed by atoms with Crippen LogP contribution in [0.15, 0.2) is 24.3 Å². The van der Waals surface area contributed by atoms with Gasteiger partial charge in [0.1, 0.15) is 0 Å². The molecule has 0 saturated carbocycles. The van der Waals surface area contributed by atoms with E-state index in [0.717, 1.165) is 26.1 Å². The molecule has 1 aliphatic rings. The first-order valence-electron chi connectivity index (χ1n) is 5.66. The summed E-state index contributed by atoms with van der Waals surface area (Å²) < 4.78 is 5.61. The summed E-state index contributed by atoms with van der Waals surface area (Å²) in [5.41, 5.74) is 1.89. The molecule has 1 atom stereocenters. The van der Waals surface area contributed by atoms with Crippen LogP contribution in [0.3, 0.4) is 0 Å². The number of ether oxygens (including phenoxy) is 1. The minimum Gasteiger partial charge on any atom is -0.377 e. The summed E-state index contributed by atoms with van der Waals surface area (Å²) in [6.07, 6.45) is 1.34. The zero-order valence-electron chi connectivity index (χ0n) is 9.52. The Morgan fingerprint density at radius 1 is 1.38 bits per heavy atom. The zero-order valence-corrected chi connectivity index (χ0v) is 9.52. The second-order valence-electron chi connectivity index (χ2n) is 4.14. The molecule has 1 heterocycles. The molecule has 1 fully saturated rings. The van der Waals surface area contributed by atoms with E-state index < -0.39 is 0 Å². The summed E-state index contributed by atoms with van der Waals surface area (Å²) in [7, 11) is 0. The second kappa shape index (κ2) is 5.00. The van der Waals surface area contributed by atoms with Crippen LogP contribution in [0, 0.1) is 11.3 Å². The van der Waals surface area contributed by atoms with Crippen molar-refractivity contribution in [2.24, 2.45) is 0 Å². The van der Waals surface area contributed by atoms with Gasteiger partial charge in [0.15, 0.2) is 0 Å². The topological polar surface area (TPSA) is 36.3 Å². The van der Waals surface area contributed by atoms with Gasteiger partial charge in [-0.05, 0) is 37.6 Å². The largest absolute Gasteiger partial charge is 0.377 e. The van der Waals surface area contributed by atoms with Crippen molar-refractivity contribution in [2.45, 2.75) is 19.4 Å². The van der Waals surface area contributed by atoms with Crippen LogP contribution in [0.2, 0.25) is 0 Å². The van der Waals surface area contributed by atoms with Gasteiger partial charge in [0.2, 0.25) is 0 Å². The molecule has 1 unspecified atom stereocenters. The molecule has 2 rings (SSSR count). The fourth-order valence-corrected chi connectivity index (χ4v) is 1.98. The first-order chi connectivity index (χ1) is 7.79. The summed E-state index contributed by atoms with van der Waals surface area (Å²) in [6.45, 7) is 4.89. The average Bonchev–Trinajstić information content (AvgIpc) is 2.54. The van der Waals surface area contributed by atoms with Gasteiger partial charge in [0, 0.05) is 25.4 Å². The van der Waals surface area contributed by atoms with Gasteiger partial charge < -0.3 is 9.64 Å². The lowest BCUT2D eigenvalue weighted by atomic mass is 10.2. The number of hydrogen-bond donors (Lipinski definition) is 0. The van der Waals surface area contributed by atoms with Crippen LogP contribution >= 0.6 is 0 Å². The van der Waals surface area contributed by atoms with E-state index in [2.05, 4.69) is 17.9 Å². The molecule has 3 nitrogen and oxygen atoms in total. The van der Waals surface area contributed by atoms with Crippen molar-refractivity contribution in [3.8, 4) is 6.07 Å². The van der Waals surface area contributed by atoms with Gasteiger partial charge in [-0.25, -0.2) is 0 Å². The molecule has 0 amide bonds. The van der Waals surface area contributed by atoms with Crippen LogP contribution in [0.25, 0.3) is 0 Å². The first-order valence-corrected chi connectivity index (χ1v) is 5.66. The molecule has 16 heavy (non-hydrogen) atoms. The number of anilines is 1. The maximum Gasteiger partial charge on any atom is 0.0991 e. The van der Waals surface area contributed by atoms with Crippen LogP contribution in [0.5, 0.6) is 0 Å². The summed E-state index contributed by atoms with van der Waals surface area (Å²) in [6, 6.07) is 9.89. The lowest BCUT2D eigenvalue weighted by Gasteiger charge is -2.24. The number of nitriles is 1. The van der Waals surface area contributed by atoms with E-state index in [4.69, 9.17) is 10.00 Å². The predicted octanol–water partition coefficient (Wildman–Crippen LogP) is 2.17. The Labute approximate surface area is 96.2 Å². The highest BCUT2D eigenvalue weighted by Crippen LogP contribution is 2.18. The van der Waals surface area contributed by atoms with Crippen LogP contribution < -0.4 is 4.90 Å². The zero-order chi connectivity index (χ0) is 11.4. The van der Waals surface area contributed by atoms with Crippen molar-refractivity contribution in [2.75, 3.05) is 24.6 Å². The van der Waals surface area contributed by atoms with Gasteiger partial charge in [-0.2, -0.15) is 5.26 Å². The highest BCUT2D eigenvalue weighted by atomic mass is 16.5. The molecule has 1 aromatic rings. The molecule has 0 aromatic heterocycles. The number of rotatable bonds is 1. The van der Waals surface area contributed by atoms with E-state index in [0.29, 0.717) is 5.56 Å². The standard InChI is InChI=1S/C13H16N2O/c1-11-10-15(7-2-8-16-11)13-5-3-12(9-14)4-6-13/h3-6,11H,2,7-8,10H2,1H3. The Hall–Kier alpha value is -1.53. The quantitative estimate of drug-likeness (QED) is 0.722. The lowest BCUT2D eigenvalue weighted by molar-refractivity contribution is 0.0821. The van der Waals surface area contributed by atoms with Crippen molar-refractivity contribution in [1.29, 1.82) is 5.26 Å². The molecule has 84 valence electrons. The lowest BCUT2D eigenvalue weighted by Crippen LogP contribution is -2.29. The van der Waals surface area contributed by atoms with Crippen LogP contribution in [0.1, 0.15) is 18.9 Å². The molecule has 1 aromatic carbocycles. The highest BCUT2D eigenvalue weighted by Gasteiger charge is 2.14. The smallest absolute Gasteiger partial charge is 0.0991 e. The molecule has 0 radical (unpaired) electrons. The SMILES string of the molecule is CC1CN(c2ccc(C#N)cc2)CCCO1. The average molecular weight is 216 g/mol. The molecular weight excluding hydrogens is 200 g/mol. The van der Waals surface area contributed by atoms with E-state index in [1.807, 2.05) is 24.3 Å². The van der Waals surface area contributed by atoms with Gasteiger partial charge in [-0.3, -0.25) is 0 Å². The van der Waals surface area contributed by atoms with Crippen LogP contribution in [-0.4, -0.2) is 25.8 Å². The van der Waals surface area contributed by atoms with Crippen molar-refractivity contribution in [1.82, 2.24) is 0 Å². The van der Waals surface area contributed by atoms with Gasteiger partial charge in [-0.15, -0.1) is 0 Å². The molecule has 0 aliphatic carbocycles. The van der Waals surface area contributed by atoms with Crippen molar-refractivity contribution >= 4 is 5.69 Å². The third-order valence-corrected chi connectivity index (χ3v) is 2.81. The Bertz CT molecular complexity index is 380. The van der Waals surface area contributed by atoms with Gasteiger partial charge >= 0.3 is 0 Å². The number of hydrogen-bond acceptors (Lipinski definition) is 3. The Morgan fingerprint density at radius 2 is 2.12 bits per heavy atom. The van der Waals surface area contributed by atoms with Gasteiger partial charge in [-0.1, -0.05) is 0 Å². The van der Waals surface area contributed by atoms with Gasteiger partial charge in [0.25, 0.3) is 0 Å². The van der Waals surface area contributed by atoms with E-state index in [1.165, 1.54) is 5.69 Å². The van der Waals surface area contributed by atoms with Crippen molar-refractivity contribution in [3.05, 3.63) is 29.8 Å². The summed E-state index contributed by atoms with van der Waals surface area (Å²) in [4.78, 5) is 2.32. The minimum atomic E-state index is 0.276. The van der Waals surface area contributed by atoms with E-state index in [-0.39, 0.29) is 6.10 Å².